The van der Waals surface area contributed by atoms with E-state index in [1.807, 2.05) is 19.1 Å². The number of hydrogen-bond donors (Lipinski definition) is 3. The molecule has 1 aromatic carbocycles. The van der Waals surface area contributed by atoms with Crippen molar-refractivity contribution >= 4 is 44.9 Å². The maximum absolute atomic E-state index is 14.6. The molecule has 3 aliphatic carbocycles. The molecule has 1 unspecified atom stereocenters. The Balaban J connectivity index is 1.18. The Morgan fingerprint density at radius 1 is 1.00 bits per heavy atom. The van der Waals surface area contributed by atoms with Crippen LogP contribution in [0.1, 0.15) is 103 Å². The number of benzene rings is 1. The topological polar surface area (TPSA) is 195 Å². The van der Waals surface area contributed by atoms with Crippen LogP contribution in [0.3, 0.4) is 0 Å². The van der Waals surface area contributed by atoms with E-state index in [-0.39, 0.29) is 25.3 Å². The number of carbonyl (C=O) groups excluding carboxylic acids is 4. The van der Waals surface area contributed by atoms with E-state index < -0.39 is 73.8 Å². The fourth-order valence-corrected chi connectivity index (χ4v) is 9.38. The minimum absolute atomic E-state index is 0.0195. The van der Waals surface area contributed by atoms with Gasteiger partial charge in [-0.25, -0.2) is 23.2 Å². The number of methoxy groups -OCH3 is 1. The Kier molecular flexibility index (Phi) is 10.5. The maximum atomic E-state index is 14.6. The van der Waals surface area contributed by atoms with Gasteiger partial charge in [0.05, 0.1) is 29.4 Å². The van der Waals surface area contributed by atoms with Gasteiger partial charge in [-0.3, -0.25) is 19.1 Å². The highest BCUT2D eigenvalue weighted by molar-refractivity contribution is 7.91. The van der Waals surface area contributed by atoms with Crippen LogP contribution >= 0.6 is 0 Å². The maximum Gasteiger partial charge on any atom is 0.408 e. The van der Waals surface area contributed by atoms with Gasteiger partial charge in [-0.2, -0.15) is 0 Å². The summed E-state index contributed by atoms with van der Waals surface area (Å²) in [5.74, 6) is -1.51. The van der Waals surface area contributed by atoms with Gasteiger partial charge >= 0.3 is 6.09 Å². The number of allylic oxidation sites excluding steroid dienone is 1. The molecule has 3 N–H and O–H groups in total. The monoisotopic (exact) mass is 780 g/mol. The predicted molar refractivity (Wildman–Crippen MR) is 202 cm³/mol. The fourth-order valence-electron chi connectivity index (χ4n) is 8.07. The van der Waals surface area contributed by atoms with E-state index in [0.29, 0.717) is 54.6 Å². The SMILES string of the molecule is COc1ccc2nc(C)c(O[C@@H]3C[C@H]4C(=O)N[C@]5(C(=O)NS(=O)(=O)C6(C)CC6)CC5/C=C\CCCCC[C@H](NC(=O)OC5(C)CCCC5)C(=O)N4C3)nc2c1. The minimum Gasteiger partial charge on any atom is -0.497 e. The Hall–Kier alpha value is -4.47. The number of amides is 4. The highest BCUT2D eigenvalue weighted by Gasteiger charge is 2.63. The molecule has 7 rings (SSSR count). The van der Waals surface area contributed by atoms with Crippen molar-refractivity contribution < 1.29 is 41.8 Å². The van der Waals surface area contributed by atoms with Crippen LogP contribution in [-0.2, 0) is 29.1 Å². The molecular formula is C39H52N6O9S. The summed E-state index contributed by atoms with van der Waals surface area (Å²) in [6.07, 6.45) is 10.2. The Morgan fingerprint density at radius 3 is 2.49 bits per heavy atom. The number of alkyl carbamates (subject to hydrolysis) is 1. The molecule has 5 atom stereocenters. The van der Waals surface area contributed by atoms with E-state index in [1.165, 1.54) is 4.90 Å². The van der Waals surface area contributed by atoms with Gasteiger partial charge in [-0.15, -0.1) is 0 Å². The lowest BCUT2D eigenvalue weighted by Crippen LogP contribution is -2.58. The van der Waals surface area contributed by atoms with Crippen LogP contribution in [0.25, 0.3) is 11.0 Å². The van der Waals surface area contributed by atoms with Crippen LogP contribution in [0.15, 0.2) is 30.4 Å². The van der Waals surface area contributed by atoms with E-state index in [0.717, 1.165) is 38.5 Å². The van der Waals surface area contributed by atoms with Crippen molar-refractivity contribution in [2.45, 2.75) is 138 Å². The molecule has 5 aliphatic rings. The number of aryl methyl sites for hydroxylation is 1. The van der Waals surface area contributed by atoms with Crippen molar-refractivity contribution in [2.24, 2.45) is 5.92 Å². The minimum atomic E-state index is -3.99. The molecule has 0 radical (unpaired) electrons. The summed E-state index contributed by atoms with van der Waals surface area (Å²) in [5.41, 5.74) is -0.444. The number of nitrogens with one attached hydrogen (secondary N) is 3. The highest BCUT2D eigenvalue weighted by Crippen LogP contribution is 2.47. The van der Waals surface area contributed by atoms with Crippen LogP contribution in [0.4, 0.5) is 4.79 Å². The van der Waals surface area contributed by atoms with Gasteiger partial charge in [0, 0.05) is 18.4 Å². The normalized spacial score (nSPS) is 29.4. The molecule has 1 aromatic heterocycles. The average molecular weight is 781 g/mol. The van der Waals surface area contributed by atoms with E-state index in [4.69, 9.17) is 14.2 Å². The molecule has 3 saturated carbocycles. The Labute approximate surface area is 321 Å². The molecule has 16 heteroatoms. The number of fused-ring (bicyclic) bond motifs is 3. The molecule has 2 aromatic rings. The molecular weight excluding hydrogens is 729 g/mol. The first-order chi connectivity index (χ1) is 26.1. The summed E-state index contributed by atoms with van der Waals surface area (Å²) in [6, 6.07) is 3.21. The van der Waals surface area contributed by atoms with E-state index in [2.05, 4.69) is 25.3 Å². The van der Waals surface area contributed by atoms with Gasteiger partial charge in [0.25, 0.3) is 5.91 Å². The van der Waals surface area contributed by atoms with Crippen molar-refractivity contribution in [1.29, 1.82) is 0 Å². The van der Waals surface area contributed by atoms with Crippen molar-refractivity contribution in [1.82, 2.24) is 30.2 Å². The van der Waals surface area contributed by atoms with E-state index in [9.17, 15) is 27.6 Å². The first-order valence-electron chi connectivity index (χ1n) is 19.5. The van der Waals surface area contributed by atoms with Gasteiger partial charge in [0.1, 0.15) is 40.8 Å². The number of sulfonamides is 1. The number of nitrogens with zero attached hydrogens (tertiary/aromatic N) is 3. The van der Waals surface area contributed by atoms with Gasteiger partial charge in [0.15, 0.2) is 0 Å². The van der Waals surface area contributed by atoms with E-state index in [1.54, 1.807) is 39.2 Å². The zero-order valence-corrected chi connectivity index (χ0v) is 32.8. The number of rotatable bonds is 8. The summed E-state index contributed by atoms with van der Waals surface area (Å²) in [6.45, 7) is 5.23. The van der Waals surface area contributed by atoms with Crippen LogP contribution in [0, 0.1) is 12.8 Å². The van der Waals surface area contributed by atoms with Crippen molar-refractivity contribution in [2.75, 3.05) is 13.7 Å². The molecule has 298 valence electrons. The van der Waals surface area contributed by atoms with Crippen LogP contribution in [-0.4, -0.2) is 94.8 Å². The standard InChI is InChI=1S/C39H52N6O9S/c1-24-33(41-30-20-26(52-4)14-15-28(30)40-24)53-27-21-31-32(46)43-39(35(48)44-55(50,51)38(3)18-19-38)22-25(39)12-8-6-5-7-9-13-29(34(47)45(31)23-27)42-36(49)54-37(2)16-10-11-17-37/h8,12,14-15,20,25,27,29,31H,5-7,9-11,13,16-19,21-23H2,1-4H3,(H,42,49)(H,43,46)(H,44,48)/b12-8-/t25?,27-,29+,31+,39-/m1/s1. The molecule has 3 heterocycles. The zero-order valence-electron chi connectivity index (χ0n) is 32.0. The predicted octanol–water partition coefficient (Wildman–Crippen LogP) is 4.12. The lowest BCUT2D eigenvalue weighted by molar-refractivity contribution is -0.141. The van der Waals surface area contributed by atoms with Crippen LogP contribution < -0.4 is 24.8 Å². The summed E-state index contributed by atoms with van der Waals surface area (Å²) < 4.78 is 45.1. The highest BCUT2D eigenvalue weighted by atomic mass is 32.2. The lowest BCUT2D eigenvalue weighted by atomic mass is 10.0. The third kappa shape index (κ3) is 8.10. The molecule has 0 spiro atoms. The zero-order chi connectivity index (χ0) is 39.2. The van der Waals surface area contributed by atoms with Crippen molar-refractivity contribution in [3.8, 4) is 11.6 Å². The van der Waals surface area contributed by atoms with E-state index >= 15 is 0 Å². The molecule has 4 amide bonds. The molecule has 0 bridgehead atoms. The summed E-state index contributed by atoms with van der Waals surface area (Å²) in [5, 5.41) is 5.72. The van der Waals surface area contributed by atoms with Gasteiger partial charge in [-0.1, -0.05) is 25.0 Å². The van der Waals surface area contributed by atoms with Crippen molar-refractivity contribution in [3.63, 3.8) is 0 Å². The molecule has 4 fully saturated rings. The van der Waals surface area contributed by atoms with Crippen molar-refractivity contribution in [3.05, 3.63) is 36.0 Å². The second kappa shape index (κ2) is 14.9. The average Bonchev–Trinajstić information content (AvgIpc) is 3.94. The number of aromatic nitrogens is 2. The molecule has 2 aliphatic heterocycles. The smallest absolute Gasteiger partial charge is 0.408 e. The number of carbonyl (C=O) groups is 4. The second-order valence-corrected chi connectivity index (χ2v) is 18.6. The first kappa shape index (κ1) is 38.8. The van der Waals surface area contributed by atoms with Gasteiger partial charge in [-0.05, 0) is 97.1 Å². The fraction of sp³-hybridized carbons (Fsp3) is 0.641. The summed E-state index contributed by atoms with van der Waals surface area (Å²) in [7, 11) is -2.43. The third-order valence-corrected chi connectivity index (χ3v) is 14.2. The molecule has 15 nitrogen and oxygen atoms in total. The number of hydrogen-bond acceptors (Lipinski definition) is 11. The molecule has 1 saturated heterocycles. The van der Waals surface area contributed by atoms with Crippen LogP contribution in [0.2, 0.25) is 0 Å². The first-order valence-corrected chi connectivity index (χ1v) is 21.0. The largest absolute Gasteiger partial charge is 0.497 e. The summed E-state index contributed by atoms with van der Waals surface area (Å²) in [4.78, 5) is 66.9. The lowest BCUT2D eigenvalue weighted by Gasteiger charge is -2.31. The Bertz CT molecular complexity index is 2000. The summed E-state index contributed by atoms with van der Waals surface area (Å²) >= 11 is 0. The Morgan fingerprint density at radius 2 is 1.76 bits per heavy atom. The quantitative estimate of drug-likeness (QED) is 0.326. The number of ether oxygens (including phenoxy) is 3. The van der Waals surface area contributed by atoms with Gasteiger partial charge < -0.3 is 29.7 Å². The second-order valence-electron chi connectivity index (χ2n) is 16.4. The van der Waals surface area contributed by atoms with Crippen LogP contribution in [0.5, 0.6) is 11.6 Å². The molecule has 55 heavy (non-hydrogen) atoms. The van der Waals surface area contributed by atoms with Gasteiger partial charge in [0.2, 0.25) is 27.7 Å². The third-order valence-electron chi connectivity index (χ3n) is 12.0.